The van der Waals surface area contributed by atoms with Crippen LogP contribution in [0.3, 0.4) is 0 Å². The van der Waals surface area contributed by atoms with Gasteiger partial charge in [-0.1, -0.05) is 27.7 Å². The molecule has 0 spiro atoms. The lowest BCUT2D eigenvalue weighted by molar-refractivity contribution is 0.426. The summed E-state index contributed by atoms with van der Waals surface area (Å²) in [4.78, 5) is 4.84. The van der Waals surface area contributed by atoms with Crippen molar-refractivity contribution in [2.75, 3.05) is 5.73 Å². The SMILES string of the molecule is CC1(Cn2c(C(C)(C)C)nc3cc(N)ccc32)CC1. The van der Waals surface area contributed by atoms with Crippen molar-refractivity contribution >= 4 is 16.7 Å². The van der Waals surface area contributed by atoms with E-state index in [0.717, 1.165) is 17.7 Å². The fraction of sp³-hybridized carbons (Fsp3) is 0.562. The van der Waals surface area contributed by atoms with Gasteiger partial charge in [-0.15, -0.1) is 0 Å². The van der Waals surface area contributed by atoms with Crippen molar-refractivity contribution in [3.8, 4) is 0 Å². The number of hydrogen-bond acceptors (Lipinski definition) is 2. The molecule has 1 aliphatic carbocycles. The Kier molecular flexibility index (Phi) is 2.47. The van der Waals surface area contributed by atoms with Gasteiger partial charge in [-0.2, -0.15) is 0 Å². The molecule has 0 radical (unpaired) electrons. The minimum Gasteiger partial charge on any atom is -0.399 e. The third-order valence-electron chi connectivity index (χ3n) is 4.09. The summed E-state index contributed by atoms with van der Waals surface area (Å²) in [5.74, 6) is 1.17. The summed E-state index contributed by atoms with van der Waals surface area (Å²) >= 11 is 0. The summed E-state index contributed by atoms with van der Waals surface area (Å²) in [6.07, 6.45) is 2.65. The van der Waals surface area contributed by atoms with Gasteiger partial charge in [0, 0.05) is 17.6 Å². The largest absolute Gasteiger partial charge is 0.399 e. The number of aromatic nitrogens is 2. The van der Waals surface area contributed by atoms with Gasteiger partial charge in [0.2, 0.25) is 0 Å². The van der Waals surface area contributed by atoms with E-state index >= 15 is 0 Å². The van der Waals surface area contributed by atoms with Gasteiger partial charge < -0.3 is 10.3 Å². The monoisotopic (exact) mass is 257 g/mol. The van der Waals surface area contributed by atoms with E-state index in [9.17, 15) is 0 Å². The Morgan fingerprint density at radius 3 is 2.58 bits per heavy atom. The number of fused-ring (bicyclic) bond motifs is 1. The topological polar surface area (TPSA) is 43.8 Å². The van der Waals surface area contributed by atoms with E-state index in [-0.39, 0.29) is 5.41 Å². The van der Waals surface area contributed by atoms with Crippen LogP contribution in [0.25, 0.3) is 11.0 Å². The molecule has 0 bridgehead atoms. The van der Waals surface area contributed by atoms with Crippen LogP contribution in [0, 0.1) is 5.41 Å². The van der Waals surface area contributed by atoms with Crippen molar-refractivity contribution in [3.05, 3.63) is 24.0 Å². The second kappa shape index (κ2) is 3.75. The molecule has 1 saturated carbocycles. The van der Waals surface area contributed by atoms with Crippen LogP contribution in [0.15, 0.2) is 18.2 Å². The van der Waals surface area contributed by atoms with E-state index in [1.54, 1.807) is 0 Å². The first-order chi connectivity index (χ1) is 8.78. The van der Waals surface area contributed by atoms with Gasteiger partial charge in [0.15, 0.2) is 0 Å². The Morgan fingerprint density at radius 2 is 2.00 bits per heavy atom. The molecule has 0 amide bonds. The molecule has 0 atom stereocenters. The molecule has 2 aromatic rings. The van der Waals surface area contributed by atoms with Crippen molar-refractivity contribution < 1.29 is 0 Å². The zero-order valence-electron chi connectivity index (χ0n) is 12.3. The molecular formula is C16H23N3. The minimum absolute atomic E-state index is 0.0546. The van der Waals surface area contributed by atoms with E-state index in [1.807, 2.05) is 12.1 Å². The summed E-state index contributed by atoms with van der Waals surface area (Å²) < 4.78 is 2.40. The van der Waals surface area contributed by atoms with Gasteiger partial charge >= 0.3 is 0 Å². The van der Waals surface area contributed by atoms with Crippen LogP contribution in [0.5, 0.6) is 0 Å². The molecule has 19 heavy (non-hydrogen) atoms. The van der Waals surface area contributed by atoms with E-state index in [0.29, 0.717) is 5.41 Å². The molecule has 1 heterocycles. The van der Waals surface area contributed by atoms with Crippen LogP contribution in [0.2, 0.25) is 0 Å². The number of anilines is 1. The molecule has 2 N–H and O–H groups in total. The molecule has 0 unspecified atom stereocenters. The number of imidazole rings is 1. The lowest BCUT2D eigenvalue weighted by Gasteiger charge is -2.22. The zero-order chi connectivity index (χ0) is 13.8. The van der Waals surface area contributed by atoms with E-state index in [4.69, 9.17) is 10.7 Å². The summed E-state index contributed by atoms with van der Waals surface area (Å²) in [6, 6.07) is 6.07. The maximum absolute atomic E-state index is 5.88. The first-order valence-electron chi connectivity index (χ1n) is 7.05. The highest BCUT2D eigenvalue weighted by molar-refractivity contribution is 5.80. The number of rotatable bonds is 2. The molecule has 1 aliphatic rings. The van der Waals surface area contributed by atoms with Crippen molar-refractivity contribution in [3.63, 3.8) is 0 Å². The average Bonchev–Trinajstić information content (AvgIpc) is 2.89. The molecule has 3 heteroatoms. The Bertz CT molecular complexity index is 627. The standard InChI is InChI=1S/C16H23N3/c1-15(2,3)14-18-12-9-11(17)5-6-13(12)19(14)10-16(4)7-8-16/h5-6,9H,7-8,10,17H2,1-4H3. The van der Waals surface area contributed by atoms with Gasteiger partial charge in [0.1, 0.15) is 5.82 Å². The highest BCUT2D eigenvalue weighted by atomic mass is 15.1. The highest BCUT2D eigenvalue weighted by Gasteiger charge is 2.39. The van der Waals surface area contributed by atoms with Crippen LogP contribution in [-0.4, -0.2) is 9.55 Å². The molecule has 0 saturated heterocycles. The first kappa shape index (κ1) is 12.5. The van der Waals surface area contributed by atoms with Crippen molar-refractivity contribution in [2.45, 2.75) is 52.5 Å². The van der Waals surface area contributed by atoms with Crippen molar-refractivity contribution in [2.24, 2.45) is 5.41 Å². The lowest BCUT2D eigenvalue weighted by Crippen LogP contribution is -2.21. The molecule has 102 valence electrons. The van der Waals surface area contributed by atoms with Crippen LogP contribution in [-0.2, 0) is 12.0 Å². The number of hydrogen-bond donors (Lipinski definition) is 1. The number of nitrogens with zero attached hydrogens (tertiary/aromatic N) is 2. The zero-order valence-corrected chi connectivity index (χ0v) is 12.3. The van der Waals surface area contributed by atoms with Gasteiger partial charge in [0.05, 0.1) is 11.0 Å². The van der Waals surface area contributed by atoms with E-state index in [2.05, 4.69) is 38.3 Å². The molecule has 1 aromatic carbocycles. The smallest absolute Gasteiger partial charge is 0.115 e. The molecule has 3 nitrogen and oxygen atoms in total. The first-order valence-corrected chi connectivity index (χ1v) is 7.05. The van der Waals surface area contributed by atoms with Gasteiger partial charge in [-0.25, -0.2) is 4.98 Å². The second-order valence-corrected chi connectivity index (χ2v) is 7.33. The normalized spacial score (nSPS) is 17.9. The number of nitrogen functional groups attached to an aromatic ring is 1. The maximum atomic E-state index is 5.88. The number of benzene rings is 1. The Balaban J connectivity index is 2.19. The maximum Gasteiger partial charge on any atom is 0.115 e. The molecule has 3 rings (SSSR count). The predicted octanol–water partition coefficient (Wildman–Crippen LogP) is 3.72. The third kappa shape index (κ3) is 2.22. The quantitative estimate of drug-likeness (QED) is 0.833. The van der Waals surface area contributed by atoms with Gasteiger partial charge in [0.25, 0.3) is 0 Å². The molecule has 0 aliphatic heterocycles. The summed E-state index contributed by atoms with van der Waals surface area (Å²) in [6.45, 7) is 10.1. The van der Waals surface area contributed by atoms with Crippen LogP contribution < -0.4 is 5.73 Å². The third-order valence-corrected chi connectivity index (χ3v) is 4.09. The molecule has 1 aromatic heterocycles. The van der Waals surface area contributed by atoms with E-state index < -0.39 is 0 Å². The minimum atomic E-state index is 0.0546. The Labute approximate surface area is 114 Å². The number of nitrogens with two attached hydrogens (primary N) is 1. The molecule has 1 fully saturated rings. The van der Waals surface area contributed by atoms with Crippen LogP contribution in [0.1, 0.15) is 46.4 Å². The fourth-order valence-corrected chi connectivity index (χ4v) is 2.63. The lowest BCUT2D eigenvalue weighted by atomic mass is 9.95. The Morgan fingerprint density at radius 1 is 1.32 bits per heavy atom. The van der Waals surface area contributed by atoms with Gasteiger partial charge in [-0.3, -0.25) is 0 Å². The average molecular weight is 257 g/mol. The van der Waals surface area contributed by atoms with Crippen LogP contribution >= 0.6 is 0 Å². The van der Waals surface area contributed by atoms with Crippen LogP contribution in [0.4, 0.5) is 5.69 Å². The highest BCUT2D eigenvalue weighted by Crippen LogP contribution is 2.47. The summed E-state index contributed by atoms with van der Waals surface area (Å²) in [7, 11) is 0. The van der Waals surface area contributed by atoms with E-state index in [1.165, 1.54) is 24.2 Å². The second-order valence-electron chi connectivity index (χ2n) is 7.33. The Hall–Kier alpha value is -1.51. The fourth-order valence-electron chi connectivity index (χ4n) is 2.63. The predicted molar refractivity (Wildman–Crippen MR) is 80.2 cm³/mol. The van der Waals surface area contributed by atoms with Gasteiger partial charge in [-0.05, 0) is 36.5 Å². The molecular weight excluding hydrogens is 234 g/mol. The summed E-state index contributed by atoms with van der Waals surface area (Å²) in [5, 5.41) is 0. The summed E-state index contributed by atoms with van der Waals surface area (Å²) in [5.41, 5.74) is 9.43. The van der Waals surface area contributed by atoms with Crippen molar-refractivity contribution in [1.29, 1.82) is 0 Å². The van der Waals surface area contributed by atoms with Crippen molar-refractivity contribution in [1.82, 2.24) is 9.55 Å².